The molecule has 1 aliphatic carbocycles. The lowest BCUT2D eigenvalue weighted by Crippen LogP contribution is -2.38. The molecule has 1 aromatic heterocycles. The van der Waals surface area contributed by atoms with Crippen molar-refractivity contribution in [2.75, 3.05) is 6.61 Å². The van der Waals surface area contributed by atoms with Crippen molar-refractivity contribution in [2.24, 2.45) is 11.1 Å². The molecular weight excluding hydrogens is 474 g/mol. The Bertz CT molecular complexity index is 1250. The van der Waals surface area contributed by atoms with E-state index in [1.54, 1.807) is 19.9 Å². The number of nitrogens with zero attached hydrogens (tertiary/aromatic N) is 3. The van der Waals surface area contributed by atoms with E-state index in [4.69, 9.17) is 9.57 Å². The third-order valence-electron chi connectivity index (χ3n) is 7.12. The van der Waals surface area contributed by atoms with Crippen LogP contribution < -0.4 is 15.4 Å². The monoisotopic (exact) mass is 505 g/mol. The van der Waals surface area contributed by atoms with Crippen molar-refractivity contribution >= 4 is 23.3 Å². The first kappa shape index (κ1) is 24.9. The van der Waals surface area contributed by atoms with E-state index in [-0.39, 0.29) is 42.0 Å². The van der Waals surface area contributed by atoms with Crippen LogP contribution in [0.1, 0.15) is 72.2 Å². The van der Waals surface area contributed by atoms with Crippen LogP contribution in [0.25, 0.3) is 0 Å². The van der Waals surface area contributed by atoms with Gasteiger partial charge in [0.15, 0.2) is 5.78 Å². The summed E-state index contributed by atoms with van der Waals surface area (Å²) in [6.07, 6.45) is 4.75. The van der Waals surface area contributed by atoms with Crippen LogP contribution >= 0.6 is 0 Å². The Morgan fingerprint density at radius 1 is 1.11 bits per heavy atom. The molecule has 2 N–H and O–H groups in total. The number of oxime groups is 1. The molecule has 2 amide bonds. The van der Waals surface area contributed by atoms with Crippen LogP contribution in [-0.2, 0) is 27.4 Å². The Balaban J connectivity index is 1.19. The van der Waals surface area contributed by atoms with E-state index in [0.29, 0.717) is 48.3 Å². The van der Waals surface area contributed by atoms with E-state index >= 15 is 0 Å². The zero-order chi connectivity index (χ0) is 25.9. The smallest absolute Gasteiger partial charge is 0.270 e. The van der Waals surface area contributed by atoms with Crippen molar-refractivity contribution in [2.45, 2.75) is 71.1 Å². The summed E-state index contributed by atoms with van der Waals surface area (Å²) in [5.74, 6) is 1.30. The van der Waals surface area contributed by atoms with E-state index in [9.17, 15) is 14.4 Å². The highest BCUT2D eigenvalue weighted by Gasteiger charge is 2.34. The summed E-state index contributed by atoms with van der Waals surface area (Å²) in [4.78, 5) is 50.5. The molecule has 3 heterocycles. The van der Waals surface area contributed by atoms with E-state index in [1.807, 2.05) is 18.2 Å². The Kier molecular flexibility index (Phi) is 7.16. The molecule has 0 spiro atoms. The maximum absolute atomic E-state index is 12.9. The lowest BCUT2D eigenvalue weighted by molar-refractivity contribution is -0.121. The summed E-state index contributed by atoms with van der Waals surface area (Å²) in [6, 6.07) is 7.48. The van der Waals surface area contributed by atoms with E-state index < -0.39 is 0 Å². The van der Waals surface area contributed by atoms with Gasteiger partial charge in [-0.3, -0.25) is 14.4 Å². The molecule has 2 aliphatic heterocycles. The number of fused-ring (bicyclic) bond motifs is 1. The van der Waals surface area contributed by atoms with Gasteiger partial charge in [-0.15, -0.1) is 0 Å². The van der Waals surface area contributed by atoms with E-state index in [1.165, 1.54) is 0 Å². The third kappa shape index (κ3) is 5.95. The van der Waals surface area contributed by atoms with Gasteiger partial charge in [0.1, 0.15) is 35.7 Å². The number of Topliss-reactive ketones (excluding diaryl/α,β-unsaturated/α-hetero) is 1. The van der Waals surface area contributed by atoms with Crippen LogP contribution in [0.2, 0.25) is 0 Å². The first-order valence-electron chi connectivity index (χ1n) is 12.7. The molecule has 10 nitrogen and oxygen atoms in total. The molecular formula is C27H31N5O5. The number of carbonyl (C=O) groups is 3. The molecule has 1 saturated carbocycles. The number of nitrogens with one attached hydrogen (secondary N) is 2. The molecule has 37 heavy (non-hydrogen) atoms. The molecule has 3 aliphatic rings. The van der Waals surface area contributed by atoms with Gasteiger partial charge in [-0.05, 0) is 62.3 Å². The summed E-state index contributed by atoms with van der Waals surface area (Å²) >= 11 is 0. The van der Waals surface area contributed by atoms with Gasteiger partial charge >= 0.3 is 0 Å². The average Bonchev–Trinajstić information content (AvgIpc) is 3.37. The second kappa shape index (κ2) is 10.7. The zero-order valence-corrected chi connectivity index (χ0v) is 21.1. The topological polar surface area (TPSA) is 132 Å². The zero-order valence-electron chi connectivity index (χ0n) is 21.1. The van der Waals surface area contributed by atoms with Crippen LogP contribution in [-0.4, -0.2) is 52.0 Å². The van der Waals surface area contributed by atoms with Crippen molar-refractivity contribution in [1.82, 2.24) is 20.6 Å². The second-order valence-corrected chi connectivity index (χ2v) is 10.0. The normalized spacial score (nSPS) is 22.8. The number of aryl methyl sites for hydroxylation is 1. The second-order valence-electron chi connectivity index (χ2n) is 10.0. The number of benzene rings is 1. The maximum Gasteiger partial charge on any atom is 0.270 e. The quantitative estimate of drug-likeness (QED) is 0.616. The number of hydrogen-bond donors (Lipinski definition) is 2. The maximum atomic E-state index is 12.9. The van der Waals surface area contributed by atoms with Gasteiger partial charge in [-0.1, -0.05) is 11.2 Å². The van der Waals surface area contributed by atoms with Crippen LogP contribution in [0.4, 0.5) is 0 Å². The standard InChI is InChI=1S/C27H31N5O5/c1-15-29-22(23-12-26(37-32-23)18-4-6-20(7-5-18)31-16(2)33)11-24(30-15)27(35)28-13-17-3-8-25-19(9-17)10-21(34)14-36-25/h3,8-9,11,18,20,26H,4-7,10,12-14H2,1-2H3,(H,28,35)(H,31,33). The SMILES string of the molecule is CC(=O)NC1CCC(C2CC(c3cc(C(=O)NCc4ccc5c(c4)CC(=O)CO5)nc(C)n3)=NO2)CC1. The largest absolute Gasteiger partial charge is 0.486 e. The number of aromatic nitrogens is 2. The fourth-order valence-corrected chi connectivity index (χ4v) is 5.27. The number of ketones is 1. The van der Waals surface area contributed by atoms with Crippen molar-refractivity contribution in [1.29, 1.82) is 0 Å². The highest BCUT2D eigenvalue weighted by Crippen LogP contribution is 2.33. The van der Waals surface area contributed by atoms with Crippen molar-refractivity contribution < 1.29 is 24.0 Å². The molecule has 10 heteroatoms. The lowest BCUT2D eigenvalue weighted by atomic mass is 9.81. The average molecular weight is 506 g/mol. The Hall–Kier alpha value is -3.82. The molecule has 194 valence electrons. The van der Waals surface area contributed by atoms with Gasteiger partial charge in [0, 0.05) is 37.9 Å². The highest BCUT2D eigenvalue weighted by molar-refractivity contribution is 6.02. The van der Waals surface area contributed by atoms with Crippen LogP contribution in [0.5, 0.6) is 5.75 Å². The Morgan fingerprint density at radius 2 is 1.92 bits per heavy atom. The van der Waals surface area contributed by atoms with Gasteiger partial charge < -0.3 is 20.2 Å². The molecule has 5 rings (SSSR count). The molecule has 1 atom stereocenters. The summed E-state index contributed by atoms with van der Waals surface area (Å²) in [6.45, 7) is 3.70. The number of rotatable bonds is 6. The highest BCUT2D eigenvalue weighted by atomic mass is 16.6. The minimum absolute atomic E-state index is 0.0129. The summed E-state index contributed by atoms with van der Waals surface area (Å²) in [5.41, 5.74) is 3.28. The van der Waals surface area contributed by atoms with Gasteiger partial charge in [0.25, 0.3) is 5.91 Å². The van der Waals surface area contributed by atoms with Crippen molar-refractivity contribution in [3.05, 3.63) is 52.6 Å². The number of ether oxygens (including phenoxy) is 1. The molecule has 2 aromatic rings. The predicted octanol–water partition coefficient (Wildman–Crippen LogP) is 2.41. The Labute approximate surface area is 215 Å². The number of carbonyl (C=O) groups excluding carboxylic acids is 3. The summed E-state index contributed by atoms with van der Waals surface area (Å²) < 4.78 is 5.43. The minimum Gasteiger partial charge on any atom is -0.486 e. The molecule has 0 radical (unpaired) electrons. The van der Waals surface area contributed by atoms with Gasteiger partial charge in [0.2, 0.25) is 5.91 Å². The number of amides is 2. The molecule has 1 aromatic carbocycles. The van der Waals surface area contributed by atoms with Crippen LogP contribution in [0.3, 0.4) is 0 Å². The molecule has 0 saturated heterocycles. The van der Waals surface area contributed by atoms with Gasteiger partial charge in [-0.2, -0.15) is 0 Å². The minimum atomic E-state index is -0.316. The third-order valence-corrected chi connectivity index (χ3v) is 7.12. The van der Waals surface area contributed by atoms with E-state index in [2.05, 4.69) is 25.8 Å². The summed E-state index contributed by atoms with van der Waals surface area (Å²) in [7, 11) is 0. The fourth-order valence-electron chi connectivity index (χ4n) is 5.27. The van der Waals surface area contributed by atoms with Gasteiger partial charge in [-0.25, -0.2) is 9.97 Å². The number of hydrogen-bond acceptors (Lipinski definition) is 8. The van der Waals surface area contributed by atoms with Crippen molar-refractivity contribution in [3.63, 3.8) is 0 Å². The molecule has 0 bridgehead atoms. The first-order valence-corrected chi connectivity index (χ1v) is 12.7. The Morgan fingerprint density at radius 3 is 2.70 bits per heavy atom. The first-order chi connectivity index (χ1) is 17.8. The lowest BCUT2D eigenvalue weighted by Gasteiger charge is -2.31. The van der Waals surface area contributed by atoms with Crippen molar-refractivity contribution in [3.8, 4) is 5.75 Å². The van der Waals surface area contributed by atoms with Gasteiger partial charge in [0.05, 0.1) is 5.69 Å². The van der Waals surface area contributed by atoms with E-state index in [0.717, 1.165) is 36.8 Å². The molecule has 1 unspecified atom stereocenters. The summed E-state index contributed by atoms with van der Waals surface area (Å²) in [5, 5.41) is 10.2. The molecule has 1 fully saturated rings. The fraction of sp³-hybridized carbons (Fsp3) is 0.481. The predicted molar refractivity (Wildman–Crippen MR) is 134 cm³/mol. The van der Waals surface area contributed by atoms with Crippen LogP contribution in [0.15, 0.2) is 29.4 Å². The van der Waals surface area contributed by atoms with Crippen LogP contribution in [0, 0.1) is 12.8 Å².